The average Bonchev–Trinajstić information content (AvgIpc) is 2.64. The Morgan fingerprint density at radius 1 is 1.04 bits per heavy atom. The first-order valence-corrected chi connectivity index (χ1v) is 8.67. The van der Waals surface area contributed by atoms with Crippen molar-refractivity contribution in [2.24, 2.45) is 0 Å². The van der Waals surface area contributed by atoms with Gasteiger partial charge in [0.05, 0.1) is 5.56 Å². The predicted molar refractivity (Wildman–Crippen MR) is 98.5 cm³/mol. The highest BCUT2D eigenvalue weighted by Gasteiger charge is 2.20. The molecule has 2 aromatic rings. The SMILES string of the molecule is CCC(C)N(Cc1ccccc1)C(=O)CCc1ccccc1C(=O)O. The van der Waals surface area contributed by atoms with Crippen LogP contribution in [0, 0.1) is 0 Å². The first kappa shape index (κ1) is 18.7. The molecule has 25 heavy (non-hydrogen) atoms. The lowest BCUT2D eigenvalue weighted by Crippen LogP contribution is -2.38. The van der Waals surface area contributed by atoms with Crippen molar-refractivity contribution < 1.29 is 14.7 Å². The molecule has 1 atom stereocenters. The van der Waals surface area contributed by atoms with Crippen LogP contribution in [-0.2, 0) is 17.8 Å². The predicted octanol–water partition coefficient (Wildman–Crippen LogP) is 4.14. The molecule has 0 fully saturated rings. The molecule has 0 aliphatic carbocycles. The highest BCUT2D eigenvalue weighted by Crippen LogP contribution is 2.16. The third kappa shape index (κ3) is 5.18. The molecule has 0 radical (unpaired) electrons. The van der Waals surface area contributed by atoms with E-state index in [4.69, 9.17) is 0 Å². The Labute approximate surface area is 149 Å². The van der Waals surface area contributed by atoms with E-state index in [1.165, 1.54) is 0 Å². The first-order chi connectivity index (χ1) is 12.0. The largest absolute Gasteiger partial charge is 0.478 e. The zero-order valence-corrected chi connectivity index (χ0v) is 14.8. The van der Waals surface area contributed by atoms with Gasteiger partial charge in [0, 0.05) is 19.0 Å². The van der Waals surface area contributed by atoms with Crippen molar-refractivity contribution in [2.75, 3.05) is 0 Å². The van der Waals surface area contributed by atoms with Gasteiger partial charge in [-0.1, -0.05) is 55.5 Å². The van der Waals surface area contributed by atoms with Crippen LogP contribution < -0.4 is 0 Å². The van der Waals surface area contributed by atoms with Crippen LogP contribution in [-0.4, -0.2) is 27.9 Å². The Hall–Kier alpha value is -2.62. The van der Waals surface area contributed by atoms with E-state index in [1.807, 2.05) is 48.2 Å². The molecule has 2 rings (SSSR count). The molecular formula is C21H25NO3. The molecule has 0 saturated heterocycles. The molecule has 0 aliphatic rings. The maximum Gasteiger partial charge on any atom is 0.335 e. The van der Waals surface area contributed by atoms with Gasteiger partial charge in [0.1, 0.15) is 0 Å². The van der Waals surface area contributed by atoms with Gasteiger partial charge in [0.25, 0.3) is 0 Å². The molecule has 0 heterocycles. The Bertz CT molecular complexity index is 712. The fourth-order valence-corrected chi connectivity index (χ4v) is 2.82. The molecule has 4 nitrogen and oxygen atoms in total. The number of carbonyl (C=O) groups is 2. The summed E-state index contributed by atoms with van der Waals surface area (Å²) in [6.45, 7) is 4.69. The molecular weight excluding hydrogens is 314 g/mol. The monoisotopic (exact) mass is 339 g/mol. The Morgan fingerprint density at radius 2 is 1.68 bits per heavy atom. The van der Waals surface area contributed by atoms with Gasteiger partial charge in [-0.2, -0.15) is 0 Å². The van der Waals surface area contributed by atoms with E-state index in [0.717, 1.165) is 12.0 Å². The van der Waals surface area contributed by atoms with Crippen molar-refractivity contribution in [1.82, 2.24) is 4.90 Å². The number of hydrogen-bond acceptors (Lipinski definition) is 2. The van der Waals surface area contributed by atoms with Crippen molar-refractivity contribution >= 4 is 11.9 Å². The summed E-state index contributed by atoms with van der Waals surface area (Å²) in [4.78, 5) is 26.0. The summed E-state index contributed by atoms with van der Waals surface area (Å²) in [5.74, 6) is -0.899. The molecule has 2 aromatic carbocycles. The summed E-state index contributed by atoms with van der Waals surface area (Å²) in [5, 5.41) is 9.27. The third-order valence-corrected chi connectivity index (χ3v) is 4.49. The van der Waals surface area contributed by atoms with Gasteiger partial charge in [-0.05, 0) is 37.0 Å². The van der Waals surface area contributed by atoms with Crippen molar-refractivity contribution in [3.63, 3.8) is 0 Å². The minimum Gasteiger partial charge on any atom is -0.478 e. The van der Waals surface area contributed by atoms with Crippen LogP contribution in [0.15, 0.2) is 54.6 Å². The van der Waals surface area contributed by atoms with Gasteiger partial charge in [-0.25, -0.2) is 4.79 Å². The highest BCUT2D eigenvalue weighted by atomic mass is 16.4. The fraction of sp³-hybridized carbons (Fsp3) is 0.333. The number of carboxylic acids is 1. The van der Waals surface area contributed by atoms with Gasteiger partial charge < -0.3 is 10.0 Å². The molecule has 1 unspecified atom stereocenters. The quantitative estimate of drug-likeness (QED) is 0.786. The molecule has 1 N–H and O–H groups in total. The van der Waals surface area contributed by atoms with E-state index in [1.54, 1.807) is 18.2 Å². The molecule has 132 valence electrons. The summed E-state index contributed by atoms with van der Waals surface area (Å²) in [6, 6.07) is 16.9. The van der Waals surface area contributed by atoms with Crippen LogP contribution in [0.4, 0.5) is 0 Å². The molecule has 0 spiro atoms. The molecule has 0 saturated carbocycles. The van der Waals surface area contributed by atoms with Crippen molar-refractivity contribution in [1.29, 1.82) is 0 Å². The van der Waals surface area contributed by atoms with E-state index >= 15 is 0 Å². The zero-order chi connectivity index (χ0) is 18.2. The van der Waals surface area contributed by atoms with E-state index in [-0.39, 0.29) is 17.5 Å². The lowest BCUT2D eigenvalue weighted by Gasteiger charge is -2.29. The number of nitrogens with zero attached hydrogens (tertiary/aromatic N) is 1. The Morgan fingerprint density at radius 3 is 2.32 bits per heavy atom. The lowest BCUT2D eigenvalue weighted by molar-refractivity contribution is -0.134. The fourth-order valence-electron chi connectivity index (χ4n) is 2.82. The number of rotatable bonds is 8. The second kappa shape index (κ2) is 9.02. The first-order valence-electron chi connectivity index (χ1n) is 8.67. The van der Waals surface area contributed by atoms with E-state index in [2.05, 4.69) is 6.92 Å². The summed E-state index contributed by atoms with van der Waals surface area (Å²) in [5.41, 5.74) is 2.07. The van der Waals surface area contributed by atoms with Crippen LogP contribution in [0.3, 0.4) is 0 Å². The van der Waals surface area contributed by atoms with Gasteiger partial charge in [0.2, 0.25) is 5.91 Å². The summed E-state index contributed by atoms with van der Waals surface area (Å²) >= 11 is 0. The number of carbonyl (C=O) groups excluding carboxylic acids is 1. The summed E-state index contributed by atoms with van der Waals surface area (Å²) in [6.07, 6.45) is 1.62. The van der Waals surface area contributed by atoms with Gasteiger partial charge in [0.15, 0.2) is 0 Å². The van der Waals surface area contributed by atoms with E-state index < -0.39 is 5.97 Å². The van der Waals surface area contributed by atoms with Gasteiger partial charge in [-0.3, -0.25) is 4.79 Å². The number of carboxylic acid groups (broad SMARTS) is 1. The van der Waals surface area contributed by atoms with E-state index in [9.17, 15) is 14.7 Å². The van der Waals surface area contributed by atoms with Gasteiger partial charge >= 0.3 is 5.97 Å². The topological polar surface area (TPSA) is 57.6 Å². The number of amides is 1. The van der Waals surface area contributed by atoms with E-state index in [0.29, 0.717) is 24.9 Å². The number of hydrogen-bond donors (Lipinski definition) is 1. The van der Waals surface area contributed by atoms with Crippen LogP contribution in [0.25, 0.3) is 0 Å². The molecule has 0 aliphatic heterocycles. The Balaban J connectivity index is 2.08. The highest BCUT2D eigenvalue weighted by molar-refractivity contribution is 5.89. The smallest absolute Gasteiger partial charge is 0.335 e. The third-order valence-electron chi connectivity index (χ3n) is 4.49. The Kier molecular flexibility index (Phi) is 6.75. The number of aryl methyl sites for hydroxylation is 1. The zero-order valence-electron chi connectivity index (χ0n) is 14.8. The van der Waals surface area contributed by atoms with Crippen LogP contribution >= 0.6 is 0 Å². The summed E-state index contributed by atoms with van der Waals surface area (Å²) < 4.78 is 0. The standard InChI is InChI=1S/C21H25NO3/c1-3-16(2)22(15-17-9-5-4-6-10-17)20(23)14-13-18-11-7-8-12-19(18)21(24)25/h4-12,16H,3,13-15H2,1-2H3,(H,24,25). The minimum atomic E-state index is -0.953. The number of benzene rings is 2. The maximum absolute atomic E-state index is 12.8. The normalized spacial score (nSPS) is 11.8. The maximum atomic E-state index is 12.8. The molecule has 0 aromatic heterocycles. The number of aromatic carboxylic acids is 1. The van der Waals surface area contributed by atoms with Crippen molar-refractivity contribution in [3.05, 3.63) is 71.3 Å². The van der Waals surface area contributed by atoms with Crippen LogP contribution in [0.1, 0.15) is 48.2 Å². The second-order valence-electron chi connectivity index (χ2n) is 6.23. The second-order valence-corrected chi connectivity index (χ2v) is 6.23. The molecule has 0 bridgehead atoms. The summed E-state index contributed by atoms with van der Waals surface area (Å²) in [7, 11) is 0. The minimum absolute atomic E-state index is 0.0541. The van der Waals surface area contributed by atoms with Crippen LogP contribution in [0.5, 0.6) is 0 Å². The van der Waals surface area contributed by atoms with Crippen molar-refractivity contribution in [3.8, 4) is 0 Å². The van der Waals surface area contributed by atoms with Crippen LogP contribution in [0.2, 0.25) is 0 Å². The molecule has 4 heteroatoms. The molecule has 1 amide bonds. The van der Waals surface area contributed by atoms with Gasteiger partial charge in [-0.15, -0.1) is 0 Å². The lowest BCUT2D eigenvalue weighted by atomic mass is 10.0. The van der Waals surface area contributed by atoms with Crippen molar-refractivity contribution in [2.45, 2.75) is 45.7 Å². The average molecular weight is 339 g/mol.